The van der Waals surface area contributed by atoms with Crippen LogP contribution in [0.2, 0.25) is 0 Å². The summed E-state index contributed by atoms with van der Waals surface area (Å²) in [6.45, 7) is 0.267. The summed E-state index contributed by atoms with van der Waals surface area (Å²) in [4.78, 5) is 11.5. The highest BCUT2D eigenvalue weighted by Crippen LogP contribution is 2.37. The van der Waals surface area contributed by atoms with Crippen molar-refractivity contribution in [3.8, 4) is 0 Å². The molecule has 1 saturated carbocycles. The molecule has 1 heterocycles. The molecule has 0 bridgehead atoms. The molecular weight excluding hydrogens is 210 g/mol. The normalized spacial score (nSPS) is 15.1. The molecule has 0 aromatic carbocycles. The lowest BCUT2D eigenvalue weighted by Crippen LogP contribution is -2.06. The van der Waals surface area contributed by atoms with Crippen LogP contribution in [-0.2, 0) is 16.1 Å². The largest absolute Gasteiger partial charge is 0.464 e. The molecule has 0 atom stereocenters. The van der Waals surface area contributed by atoms with Crippen LogP contribution in [0.5, 0.6) is 0 Å². The van der Waals surface area contributed by atoms with Crippen LogP contribution in [-0.4, -0.2) is 30.0 Å². The fraction of sp³-hybridized carbons (Fsp3) is 0.600. The van der Waals surface area contributed by atoms with Gasteiger partial charge in [0.25, 0.3) is 0 Å². The van der Waals surface area contributed by atoms with Crippen LogP contribution < -0.4 is 5.73 Å². The molecule has 0 amide bonds. The third-order valence-electron chi connectivity index (χ3n) is 2.61. The lowest BCUT2D eigenvalue weighted by atomic mass is 10.2. The summed E-state index contributed by atoms with van der Waals surface area (Å²) in [5.74, 6) is 0.0305. The van der Waals surface area contributed by atoms with E-state index in [0.29, 0.717) is 17.4 Å². The summed E-state index contributed by atoms with van der Waals surface area (Å²) in [6, 6.07) is 0.328. The number of nitrogens with zero attached hydrogens (tertiary/aromatic N) is 2. The van der Waals surface area contributed by atoms with Crippen molar-refractivity contribution < 1.29 is 14.3 Å². The van der Waals surface area contributed by atoms with Crippen LogP contribution >= 0.6 is 0 Å². The molecule has 1 aromatic heterocycles. The van der Waals surface area contributed by atoms with E-state index in [2.05, 4.69) is 9.84 Å². The van der Waals surface area contributed by atoms with E-state index in [1.807, 2.05) is 0 Å². The lowest BCUT2D eigenvalue weighted by molar-refractivity contribution is 0.0588. The van der Waals surface area contributed by atoms with Gasteiger partial charge in [0.1, 0.15) is 5.82 Å². The zero-order chi connectivity index (χ0) is 11.7. The van der Waals surface area contributed by atoms with E-state index in [4.69, 9.17) is 10.5 Å². The second kappa shape index (κ2) is 4.13. The minimum atomic E-state index is -0.474. The summed E-state index contributed by atoms with van der Waals surface area (Å²) in [5, 5.41) is 4.20. The van der Waals surface area contributed by atoms with Crippen LogP contribution in [0.3, 0.4) is 0 Å². The van der Waals surface area contributed by atoms with Gasteiger partial charge in [-0.05, 0) is 12.8 Å². The van der Waals surface area contributed by atoms with Gasteiger partial charge in [-0.1, -0.05) is 0 Å². The molecule has 0 unspecified atom stereocenters. The number of anilines is 1. The minimum Gasteiger partial charge on any atom is -0.464 e. The Hall–Kier alpha value is -1.56. The standard InChI is InChI=1S/C10H15N3O3/c1-15-5-7-8(10(14)16-2)12-13(9(7)11)6-3-4-6/h6H,3-5,11H2,1-2H3. The Labute approximate surface area is 93.3 Å². The Morgan fingerprint density at radius 3 is 2.75 bits per heavy atom. The lowest BCUT2D eigenvalue weighted by Gasteiger charge is -2.02. The number of carbonyl (C=O) groups is 1. The first-order chi connectivity index (χ1) is 7.69. The molecule has 1 aliphatic rings. The Morgan fingerprint density at radius 1 is 1.56 bits per heavy atom. The molecule has 1 fully saturated rings. The summed E-state index contributed by atoms with van der Waals surface area (Å²) < 4.78 is 11.4. The number of nitrogen functional groups attached to an aromatic ring is 1. The van der Waals surface area contributed by atoms with Crippen LogP contribution in [0.1, 0.15) is 34.9 Å². The molecule has 88 valence electrons. The molecule has 1 aliphatic carbocycles. The van der Waals surface area contributed by atoms with Gasteiger partial charge in [0.05, 0.1) is 25.3 Å². The number of carbonyl (C=O) groups excluding carboxylic acids is 1. The van der Waals surface area contributed by atoms with Crippen molar-refractivity contribution in [1.29, 1.82) is 0 Å². The van der Waals surface area contributed by atoms with Crippen molar-refractivity contribution in [3.63, 3.8) is 0 Å². The highest BCUT2D eigenvalue weighted by Gasteiger charge is 2.31. The van der Waals surface area contributed by atoms with Gasteiger partial charge in [-0.15, -0.1) is 0 Å². The summed E-state index contributed by atoms with van der Waals surface area (Å²) in [7, 11) is 2.88. The molecule has 6 nitrogen and oxygen atoms in total. The first-order valence-corrected chi connectivity index (χ1v) is 5.13. The van der Waals surface area contributed by atoms with Gasteiger partial charge < -0.3 is 15.2 Å². The molecule has 16 heavy (non-hydrogen) atoms. The molecule has 0 saturated heterocycles. The van der Waals surface area contributed by atoms with E-state index in [9.17, 15) is 4.79 Å². The first-order valence-electron chi connectivity index (χ1n) is 5.13. The topological polar surface area (TPSA) is 79.4 Å². The van der Waals surface area contributed by atoms with Crippen molar-refractivity contribution in [1.82, 2.24) is 9.78 Å². The maximum Gasteiger partial charge on any atom is 0.359 e. The number of hydrogen-bond acceptors (Lipinski definition) is 5. The molecule has 6 heteroatoms. The van der Waals surface area contributed by atoms with Gasteiger partial charge >= 0.3 is 5.97 Å². The Kier molecular flexibility index (Phi) is 2.82. The maximum absolute atomic E-state index is 11.5. The van der Waals surface area contributed by atoms with Crippen LogP contribution in [0, 0.1) is 0 Å². The van der Waals surface area contributed by atoms with E-state index in [1.54, 1.807) is 11.8 Å². The Morgan fingerprint density at radius 2 is 2.25 bits per heavy atom. The number of aromatic nitrogens is 2. The quantitative estimate of drug-likeness (QED) is 0.764. The van der Waals surface area contributed by atoms with Gasteiger partial charge in [-0.3, -0.25) is 0 Å². The second-order valence-corrected chi connectivity index (χ2v) is 3.81. The fourth-order valence-corrected chi connectivity index (χ4v) is 1.63. The Balaban J connectivity index is 2.40. The molecule has 1 aromatic rings. The predicted octanol–water partition coefficient (Wildman–Crippen LogP) is 0.733. The zero-order valence-electron chi connectivity index (χ0n) is 9.40. The number of ether oxygens (including phenoxy) is 2. The molecule has 2 rings (SSSR count). The van der Waals surface area contributed by atoms with E-state index < -0.39 is 5.97 Å². The first kappa shape index (κ1) is 10.9. The van der Waals surface area contributed by atoms with Crippen LogP contribution in [0.4, 0.5) is 5.82 Å². The average molecular weight is 225 g/mol. The van der Waals surface area contributed by atoms with E-state index in [-0.39, 0.29) is 12.3 Å². The maximum atomic E-state index is 11.5. The summed E-state index contributed by atoms with van der Waals surface area (Å²) in [5.41, 5.74) is 6.81. The molecule has 2 N–H and O–H groups in total. The molecule has 0 radical (unpaired) electrons. The molecule has 0 aliphatic heterocycles. The SMILES string of the molecule is COCc1c(C(=O)OC)nn(C2CC2)c1N. The second-order valence-electron chi connectivity index (χ2n) is 3.81. The predicted molar refractivity (Wildman–Crippen MR) is 57.0 cm³/mol. The highest BCUT2D eigenvalue weighted by molar-refractivity contribution is 5.90. The van der Waals surface area contributed by atoms with Crippen molar-refractivity contribution in [2.75, 3.05) is 20.0 Å². The molecule has 0 spiro atoms. The number of esters is 1. The van der Waals surface area contributed by atoms with Crippen molar-refractivity contribution >= 4 is 11.8 Å². The smallest absolute Gasteiger partial charge is 0.359 e. The summed E-state index contributed by atoms with van der Waals surface area (Å²) in [6.07, 6.45) is 2.11. The number of rotatable bonds is 4. The summed E-state index contributed by atoms with van der Waals surface area (Å²) >= 11 is 0. The fourth-order valence-electron chi connectivity index (χ4n) is 1.63. The van der Waals surface area contributed by atoms with Gasteiger partial charge in [0, 0.05) is 7.11 Å². The van der Waals surface area contributed by atoms with Gasteiger partial charge in [0.15, 0.2) is 5.69 Å². The number of methoxy groups -OCH3 is 2. The van der Waals surface area contributed by atoms with E-state index >= 15 is 0 Å². The van der Waals surface area contributed by atoms with Gasteiger partial charge in [0.2, 0.25) is 0 Å². The van der Waals surface area contributed by atoms with Crippen LogP contribution in [0.25, 0.3) is 0 Å². The number of hydrogen-bond donors (Lipinski definition) is 1. The van der Waals surface area contributed by atoms with Gasteiger partial charge in [-0.25, -0.2) is 9.48 Å². The third kappa shape index (κ3) is 1.76. The average Bonchev–Trinajstić information content (AvgIpc) is 3.07. The zero-order valence-corrected chi connectivity index (χ0v) is 9.40. The minimum absolute atomic E-state index is 0.258. The Bertz CT molecular complexity index is 410. The van der Waals surface area contributed by atoms with Crippen LogP contribution in [0.15, 0.2) is 0 Å². The van der Waals surface area contributed by atoms with Crippen molar-refractivity contribution in [2.24, 2.45) is 0 Å². The monoisotopic (exact) mass is 225 g/mol. The number of nitrogens with two attached hydrogens (primary N) is 1. The van der Waals surface area contributed by atoms with E-state index in [1.165, 1.54) is 7.11 Å². The van der Waals surface area contributed by atoms with Gasteiger partial charge in [-0.2, -0.15) is 5.10 Å². The van der Waals surface area contributed by atoms with Crippen molar-refractivity contribution in [2.45, 2.75) is 25.5 Å². The van der Waals surface area contributed by atoms with Crippen molar-refractivity contribution in [3.05, 3.63) is 11.3 Å². The highest BCUT2D eigenvalue weighted by atomic mass is 16.5. The van der Waals surface area contributed by atoms with E-state index in [0.717, 1.165) is 12.8 Å². The molecular formula is C10H15N3O3. The third-order valence-corrected chi connectivity index (χ3v) is 2.61.